The number of halogens is 1. The summed E-state index contributed by atoms with van der Waals surface area (Å²) in [5.74, 6) is 1.27. The van der Waals surface area contributed by atoms with Gasteiger partial charge in [0.2, 0.25) is 0 Å². The van der Waals surface area contributed by atoms with Gasteiger partial charge in [0.05, 0.1) is 24.9 Å². The minimum Gasteiger partial charge on any atom is -0.497 e. The number of benzene rings is 2. The van der Waals surface area contributed by atoms with Crippen molar-refractivity contribution in [1.29, 1.82) is 0 Å². The van der Waals surface area contributed by atoms with Crippen LogP contribution in [0.3, 0.4) is 0 Å². The van der Waals surface area contributed by atoms with E-state index in [1.807, 2.05) is 0 Å². The average Bonchev–Trinajstić information content (AvgIpc) is 2.56. The van der Waals surface area contributed by atoms with E-state index in [2.05, 4.69) is 5.32 Å². The van der Waals surface area contributed by atoms with Gasteiger partial charge in [-0.2, -0.15) is 0 Å². The highest BCUT2D eigenvalue weighted by atomic mass is 35.5. The van der Waals surface area contributed by atoms with Gasteiger partial charge < -0.3 is 19.5 Å². The number of carbonyl (C=O) groups is 1. The maximum absolute atomic E-state index is 12.3. The van der Waals surface area contributed by atoms with E-state index in [4.69, 9.17) is 25.8 Å². The summed E-state index contributed by atoms with van der Waals surface area (Å²) in [6.07, 6.45) is -0.731. The summed E-state index contributed by atoms with van der Waals surface area (Å²) in [7, 11) is 3.08. The van der Waals surface area contributed by atoms with Gasteiger partial charge in [0.25, 0.3) is 5.91 Å². The van der Waals surface area contributed by atoms with Crippen molar-refractivity contribution in [3.63, 3.8) is 0 Å². The first-order chi connectivity index (χ1) is 11.0. The first-order valence-corrected chi connectivity index (χ1v) is 7.37. The molecule has 2 aromatic rings. The number of methoxy groups -OCH3 is 2. The number of hydrogen-bond acceptors (Lipinski definition) is 4. The monoisotopic (exact) mass is 335 g/mol. The maximum Gasteiger partial charge on any atom is 0.265 e. The number of ether oxygens (including phenoxy) is 3. The lowest BCUT2D eigenvalue weighted by atomic mass is 10.2. The van der Waals surface area contributed by atoms with Crippen LogP contribution in [-0.2, 0) is 4.79 Å². The van der Waals surface area contributed by atoms with Gasteiger partial charge in [0, 0.05) is 6.07 Å². The normalized spacial score (nSPS) is 11.5. The zero-order valence-electron chi connectivity index (χ0n) is 13.1. The van der Waals surface area contributed by atoms with Gasteiger partial charge in [0.1, 0.15) is 17.2 Å². The molecule has 0 aromatic heterocycles. The molecule has 2 rings (SSSR count). The summed E-state index contributed by atoms with van der Waals surface area (Å²) < 4.78 is 16.0. The van der Waals surface area contributed by atoms with E-state index in [0.717, 1.165) is 0 Å². The van der Waals surface area contributed by atoms with E-state index >= 15 is 0 Å². The predicted molar refractivity (Wildman–Crippen MR) is 89.7 cm³/mol. The van der Waals surface area contributed by atoms with Crippen LogP contribution in [0, 0.1) is 0 Å². The molecule has 0 fully saturated rings. The fourth-order valence-corrected chi connectivity index (χ4v) is 2.11. The van der Waals surface area contributed by atoms with Crippen molar-refractivity contribution in [2.24, 2.45) is 0 Å². The summed E-state index contributed by atoms with van der Waals surface area (Å²) in [5.41, 5.74) is 0.506. The van der Waals surface area contributed by atoms with Gasteiger partial charge in [-0.25, -0.2) is 0 Å². The van der Waals surface area contributed by atoms with Crippen molar-refractivity contribution in [2.75, 3.05) is 19.5 Å². The van der Waals surface area contributed by atoms with Gasteiger partial charge in [0.15, 0.2) is 6.10 Å². The molecule has 0 radical (unpaired) electrons. The molecule has 0 aliphatic heterocycles. The molecule has 0 aliphatic carbocycles. The molecular weight excluding hydrogens is 318 g/mol. The third-order valence-electron chi connectivity index (χ3n) is 3.17. The largest absolute Gasteiger partial charge is 0.497 e. The van der Waals surface area contributed by atoms with Crippen LogP contribution in [-0.4, -0.2) is 26.2 Å². The van der Waals surface area contributed by atoms with Gasteiger partial charge in [-0.15, -0.1) is 0 Å². The second-order valence-electron chi connectivity index (χ2n) is 4.75. The lowest BCUT2D eigenvalue weighted by Gasteiger charge is -2.17. The number of carbonyl (C=O) groups excluding carboxylic acids is 1. The van der Waals surface area contributed by atoms with Gasteiger partial charge in [-0.3, -0.25) is 4.79 Å². The molecule has 0 saturated heterocycles. The number of amides is 1. The van der Waals surface area contributed by atoms with Crippen LogP contribution in [0.5, 0.6) is 17.2 Å². The average molecular weight is 336 g/mol. The second-order valence-corrected chi connectivity index (χ2v) is 5.15. The first kappa shape index (κ1) is 17.0. The fourth-order valence-electron chi connectivity index (χ4n) is 1.93. The second kappa shape index (κ2) is 7.74. The predicted octanol–water partition coefficient (Wildman–Crippen LogP) is 3.76. The van der Waals surface area contributed by atoms with Gasteiger partial charge in [-0.05, 0) is 31.2 Å². The van der Waals surface area contributed by atoms with Crippen molar-refractivity contribution in [3.05, 3.63) is 47.5 Å². The molecule has 5 nitrogen and oxygen atoms in total. The maximum atomic E-state index is 12.3. The van der Waals surface area contributed by atoms with Gasteiger partial charge >= 0.3 is 0 Å². The van der Waals surface area contributed by atoms with Crippen LogP contribution in [0.2, 0.25) is 5.02 Å². The van der Waals surface area contributed by atoms with E-state index in [-0.39, 0.29) is 5.91 Å². The molecule has 0 aliphatic rings. The van der Waals surface area contributed by atoms with E-state index < -0.39 is 6.10 Å². The Balaban J connectivity index is 2.10. The summed E-state index contributed by atoms with van der Waals surface area (Å²) >= 11 is 6.03. The molecule has 1 atom stereocenters. The molecule has 6 heteroatoms. The van der Waals surface area contributed by atoms with E-state index in [1.54, 1.807) is 56.5 Å². The number of anilines is 1. The van der Waals surface area contributed by atoms with Crippen LogP contribution in [0.1, 0.15) is 6.92 Å². The fraction of sp³-hybridized carbons (Fsp3) is 0.235. The first-order valence-electron chi connectivity index (χ1n) is 6.99. The molecule has 1 N–H and O–H groups in total. The Kier molecular flexibility index (Phi) is 5.71. The van der Waals surface area contributed by atoms with E-state index in [1.165, 1.54) is 7.11 Å². The lowest BCUT2D eigenvalue weighted by molar-refractivity contribution is -0.122. The summed E-state index contributed by atoms with van der Waals surface area (Å²) in [6.45, 7) is 1.64. The lowest BCUT2D eigenvalue weighted by Crippen LogP contribution is -2.30. The molecule has 2 aromatic carbocycles. The summed E-state index contributed by atoms with van der Waals surface area (Å²) in [4.78, 5) is 12.3. The third kappa shape index (κ3) is 4.29. The quantitative estimate of drug-likeness (QED) is 0.873. The topological polar surface area (TPSA) is 56.8 Å². The molecule has 1 amide bonds. The highest BCUT2D eigenvalue weighted by Crippen LogP contribution is 2.29. The van der Waals surface area contributed by atoms with Crippen molar-refractivity contribution in [1.82, 2.24) is 0 Å². The Labute approximate surface area is 140 Å². The van der Waals surface area contributed by atoms with Crippen LogP contribution < -0.4 is 19.5 Å². The van der Waals surface area contributed by atoms with Crippen molar-refractivity contribution >= 4 is 23.2 Å². The number of nitrogens with one attached hydrogen (secondary N) is 1. The summed E-state index contributed by atoms with van der Waals surface area (Å²) in [6, 6.07) is 12.1. The molecule has 0 heterocycles. The summed E-state index contributed by atoms with van der Waals surface area (Å²) in [5, 5.41) is 3.21. The SMILES string of the molecule is COc1ccc(OC)c(NC(=O)C(C)Oc2ccccc2Cl)c1. The zero-order valence-corrected chi connectivity index (χ0v) is 13.9. The molecule has 122 valence electrons. The molecule has 23 heavy (non-hydrogen) atoms. The number of rotatable bonds is 6. The Bertz CT molecular complexity index is 690. The smallest absolute Gasteiger partial charge is 0.265 e. The van der Waals surface area contributed by atoms with E-state index in [0.29, 0.717) is 28.0 Å². The van der Waals surface area contributed by atoms with Crippen LogP contribution in [0.25, 0.3) is 0 Å². The Morgan fingerprint density at radius 2 is 1.83 bits per heavy atom. The van der Waals surface area contributed by atoms with Crippen molar-refractivity contribution < 1.29 is 19.0 Å². The number of para-hydroxylation sites is 1. The molecule has 0 bridgehead atoms. The minimum absolute atomic E-state index is 0.323. The molecule has 0 spiro atoms. The molecule has 0 saturated carbocycles. The van der Waals surface area contributed by atoms with Crippen LogP contribution >= 0.6 is 11.6 Å². The Morgan fingerprint density at radius 3 is 2.48 bits per heavy atom. The van der Waals surface area contributed by atoms with Gasteiger partial charge in [-0.1, -0.05) is 23.7 Å². The molecule has 1 unspecified atom stereocenters. The number of hydrogen-bond donors (Lipinski definition) is 1. The zero-order chi connectivity index (χ0) is 16.8. The molecular formula is C17H18ClNO4. The highest BCUT2D eigenvalue weighted by Gasteiger charge is 2.18. The van der Waals surface area contributed by atoms with Crippen molar-refractivity contribution in [3.8, 4) is 17.2 Å². The van der Waals surface area contributed by atoms with E-state index in [9.17, 15) is 4.79 Å². The third-order valence-corrected chi connectivity index (χ3v) is 3.49. The Morgan fingerprint density at radius 1 is 1.09 bits per heavy atom. The minimum atomic E-state index is -0.731. The Hall–Kier alpha value is -2.40. The van der Waals surface area contributed by atoms with Crippen LogP contribution in [0.15, 0.2) is 42.5 Å². The van der Waals surface area contributed by atoms with Crippen LogP contribution in [0.4, 0.5) is 5.69 Å². The van der Waals surface area contributed by atoms with Crippen molar-refractivity contribution in [2.45, 2.75) is 13.0 Å². The standard InChI is InChI=1S/C17H18ClNO4/c1-11(23-15-7-5-4-6-13(15)18)17(20)19-14-10-12(21-2)8-9-16(14)22-3/h4-11H,1-3H3,(H,19,20). The highest BCUT2D eigenvalue weighted by molar-refractivity contribution is 6.32.